The van der Waals surface area contributed by atoms with Crippen LogP contribution in [0.2, 0.25) is 5.02 Å². The maximum absolute atomic E-state index is 6.04. The summed E-state index contributed by atoms with van der Waals surface area (Å²) >= 11 is 6.04. The number of nitrogens with zero attached hydrogens (tertiary/aromatic N) is 1. The molecule has 0 radical (unpaired) electrons. The van der Waals surface area contributed by atoms with Crippen LogP contribution >= 0.6 is 11.6 Å². The van der Waals surface area contributed by atoms with Gasteiger partial charge in [-0.1, -0.05) is 29.8 Å². The number of fused-ring (bicyclic) bond motifs is 1. The smallest absolute Gasteiger partial charge is 0.139 e. The fraction of sp³-hybridized carbons (Fsp3) is 0. The van der Waals surface area contributed by atoms with E-state index in [0.29, 0.717) is 0 Å². The number of hydrogen-bond donors (Lipinski definition) is 1. The molecule has 68 valence electrons. The lowest BCUT2D eigenvalue weighted by Gasteiger charge is -2.02. The van der Waals surface area contributed by atoms with Gasteiger partial charge < -0.3 is 4.98 Å². The number of rotatable bonds is 1. The average molecular weight is 203 g/mol. The second-order valence-electron chi connectivity index (χ2n) is 3.22. The third-order valence-corrected chi connectivity index (χ3v) is 2.67. The first kappa shape index (κ1) is 7.83. The van der Waals surface area contributed by atoms with Crippen molar-refractivity contribution in [2.45, 2.75) is 0 Å². The predicted molar refractivity (Wildman–Crippen MR) is 58.2 cm³/mol. The van der Waals surface area contributed by atoms with E-state index in [9.17, 15) is 0 Å². The number of allylic oxidation sites excluding steroid dienone is 4. The molecule has 0 spiro atoms. The lowest BCUT2D eigenvalue weighted by atomic mass is 10.1. The van der Waals surface area contributed by atoms with Crippen molar-refractivity contribution in [1.82, 2.24) is 9.97 Å². The number of pyridine rings is 1. The third kappa shape index (κ3) is 1.01. The van der Waals surface area contributed by atoms with Crippen LogP contribution in [0.25, 0.3) is 16.6 Å². The highest BCUT2D eigenvalue weighted by molar-refractivity contribution is 6.35. The van der Waals surface area contributed by atoms with Crippen LogP contribution < -0.4 is 0 Å². The molecule has 2 aromatic rings. The number of aromatic amines is 1. The molecule has 14 heavy (non-hydrogen) atoms. The Morgan fingerprint density at radius 3 is 2.86 bits per heavy atom. The molecular weight excluding hydrogens is 196 g/mol. The normalized spacial score (nSPS) is 14.2. The SMILES string of the molecule is Clc1ccnc2[nH]c(C3=CC=C3)cc12. The van der Waals surface area contributed by atoms with Crippen LogP contribution in [0.5, 0.6) is 0 Å². The predicted octanol–water partition coefficient (Wildman–Crippen LogP) is 3.17. The van der Waals surface area contributed by atoms with Crippen molar-refractivity contribution in [3.63, 3.8) is 0 Å². The van der Waals surface area contributed by atoms with Crippen LogP contribution in [0, 0.1) is 0 Å². The molecule has 0 aromatic carbocycles. The van der Waals surface area contributed by atoms with Crippen LogP contribution in [0.4, 0.5) is 0 Å². The van der Waals surface area contributed by atoms with Gasteiger partial charge in [0.15, 0.2) is 0 Å². The molecule has 0 atom stereocenters. The molecule has 0 amide bonds. The Kier molecular flexibility index (Phi) is 1.52. The van der Waals surface area contributed by atoms with E-state index in [1.165, 1.54) is 5.57 Å². The first-order chi connectivity index (χ1) is 6.84. The summed E-state index contributed by atoms with van der Waals surface area (Å²) < 4.78 is 0. The van der Waals surface area contributed by atoms with Gasteiger partial charge >= 0.3 is 0 Å². The molecule has 0 aliphatic heterocycles. The number of H-pyrrole nitrogens is 1. The second-order valence-corrected chi connectivity index (χ2v) is 3.63. The Morgan fingerprint density at radius 2 is 2.21 bits per heavy atom. The summed E-state index contributed by atoms with van der Waals surface area (Å²) in [7, 11) is 0. The fourth-order valence-electron chi connectivity index (χ4n) is 1.52. The van der Waals surface area contributed by atoms with Crippen LogP contribution in [-0.4, -0.2) is 9.97 Å². The van der Waals surface area contributed by atoms with Gasteiger partial charge in [-0.3, -0.25) is 0 Å². The minimum Gasteiger partial charge on any atom is -0.339 e. The molecule has 1 N–H and O–H groups in total. The summed E-state index contributed by atoms with van der Waals surface area (Å²) in [6.07, 6.45) is 7.82. The zero-order chi connectivity index (χ0) is 9.54. The highest BCUT2D eigenvalue weighted by atomic mass is 35.5. The largest absolute Gasteiger partial charge is 0.339 e. The Hall–Kier alpha value is -1.54. The maximum atomic E-state index is 6.04. The lowest BCUT2D eigenvalue weighted by Crippen LogP contribution is -1.85. The Morgan fingerprint density at radius 1 is 1.36 bits per heavy atom. The molecule has 0 fully saturated rings. The average Bonchev–Trinajstić information content (AvgIpc) is 2.46. The van der Waals surface area contributed by atoms with Crippen molar-refractivity contribution in [2.24, 2.45) is 0 Å². The topological polar surface area (TPSA) is 28.7 Å². The minimum atomic E-state index is 0.737. The van der Waals surface area contributed by atoms with Gasteiger partial charge in [0.25, 0.3) is 0 Å². The quantitative estimate of drug-likeness (QED) is 0.756. The Labute approximate surface area is 85.9 Å². The van der Waals surface area contributed by atoms with Gasteiger partial charge in [-0.15, -0.1) is 0 Å². The first-order valence-electron chi connectivity index (χ1n) is 4.36. The number of nitrogens with one attached hydrogen (secondary N) is 1. The van der Waals surface area contributed by atoms with Gasteiger partial charge in [0.1, 0.15) is 5.65 Å². The van der Waals surface area contributed by atoms with Crippen LogP contribution in [0.15, 0.2) is 36.6 Å². The van der Waals surface area contributed by atoms with E-state index in [1.807, 2.05) is 12.1 Å². The molecule has 0 unspecified atom stereocenters. The van der Waals surface area contributed by atoms with Gasteiger partial charge in [0.05, 0.1) is 5.02 Å². The molecule has 3 rings (SSSR count). The van der Waals surface area contributed by atoms with E-state index >= 15 is 0 Å². The zero-order valence-electron chi connectivity index (χ0n) is 7.29. The minimum absolute atomic E-state index is 0.737. The van der Waals surface area contributed by atoms with Gasteiger partial charge in [0.2, 0.25) is 0 Å². The van der Waals surface area contributed by atoms with Crippen molar-refractivity contribution >= 4 is 28.2 Å². The van der Waals surface area contributed by atoms with Crippen molar-refractivity contribution in [1.29, 1.82) is 0 Å². The van der Waals surface area contributed by atoms with E-state index in [-0.39, 0.29) is 0 Å². The van der Waals surface area contributed by atoms with E-state index in [2.05, 4.69) is 22.1 Å². The van der Waals surface area contributed by atoms with Gasteiger partial charge in [-0.25, -0.2) is 4.98 Å². The van der Waals surface area contributed by atoms with E-state index < -0.39 is 0 Å². The third-order valence-electron chi connectivity index (χ3n) is 2.34. The molecule has 1 aliphatic carbocycles. The first-order valence-corrected chi connectivity index (χ1v) is 4.74. The fourth-order valence-corrected chi connectivity index (χ4v) is 1.72. The molecule has 1 aliphatic rings. The van der Waals surface area contributed by atoms with E-state index in [0.717, 1.165) is 21.7 Å². The molecule has 0 saturated heterocycles. The molecule has 2 nitrogen and oxygen atoms in total. The summed E-state index contributed by atoms with van der Waals surface area (Å²) in [5.74, 6) is 0. The highest BCUT2D eigenvalue weighted by Gasteiger charge is 2.08. The summed E-state index contributed by atoms with van der Waals surface area (Å²) in [4.78, 5) is 7.44. The molecule has 0 bridgehead atoms. The molecule has 2 aromatic heterocycles. The van der Waals surface area contributed by atoms with Gasteiger partial charge in [0, 0.05) is 17.3 Å². The maximum Gasteiger partial charge on any atom is 0.139 e. The zero-order valence-corrected chi connectivity index (χ0v) is 8.05. The van der Waals surface area contributed by atoms with E-state index in [1.54, 1.807) is 12.3 Å². The molecule has 2 heterocycles. The van der Waals surface area contributed by atoms with Crippen molar-refractivity contribution < 1.29 is 0 Å². The Balaban J connectivity index is 2.25. The highest BCUT2D eigenvalue weighted by Crippen LogP contribution is 2.28. The number of hydrogen-bond acceptors (Lipinski definition) is 1. The molecule has 0 saturated carbocycles. The summed E-state index contributed by atoms with van der Waals surface area (Å²) in [6, 6.07) is 3.83. The summed E-state index contributed by atoms with van der Waals surface area (Å²) in [5, 5.41) is 1.71. The second kappa shape index (κ2) is 2.72. The molecule has 3 heteroatoms. The van der Waals surface area contributed by atoms with Gasteiger partial charge in [-0.2, -0.15) is 0 Å². The van der Waals surface area contributed by atoms with Crippen molar-refractivity contribution in [2.75, 3.05) is 0 Å². The van der Waals surface area contributed by atoms with Crippen LogP contribution in [0.1, 0.15) is 5.69 Å². The van der Waals surface area contributed by atoms with Crippen LogP contribution in [-0.2, 0) is 0 Å². The van der Waals surface area contributed by atoms with Gasteiger partial charge in [-0.05, 0) is 17.7 Å². The number of halogens is 1. The monoisotopic (exact) mass is 202 g/mol. The summed E-state index contributed by atoms with van der Waals surface area (Å²) in [6.45, 7) is 0. The van der Waals surface area contributed by atoms with Crippen molar-refractivity contribution in [3.8, 4) is 0 Å². The Bertz CT molecular complexity index is 564. The van der Waals surface area contributed by atoms with Crippen LogP contribution in [0.3, 0.4) is 0 Å². The van der Waals surface area contributed by atoms with Crippen molar-refractivity contribution in [3.05, 3.63) is 47.3 Å². The standard InChI is InChI=1S/C11H7ClN2/c12-9-4-5-13-11-8(9)6-10(14-11)7-2-1-3-7/h1-6H,(H,13,14). The molecular formula is C11H7ClN2. The van der Waals surface area contributed by atoms with E-state index in [4.69, 9.17) is 11.6 Å². The summed E-state index contributed by atoms with van der Waals surface area (Å²) in [5.41, 5.74) is 3.11. The lowest BCUT2D eigenvalue weighted by molar-refractivity contribution is 1.30. The number of aromatic nitrogens is 2.